The summed E-state index contributed by atoms with van der Waals surface area (Å²) in [4.78, 5) is 17.9. The van der Waals surface area contributed by atoms with Gasteiger partial charge in [0.15, 0.2) is 5.96 Å². The molecule has 0 atom stereocenters. The van der Waals surface area contributed by atoms with Crippen molar-refractivity contribution in [1.82, 2.24) is 20.7 Å². The lowest BCUT2D eigenvalue weighted by Gasteiger charge is -2.31. The molecule has 1 amide bonds. The lowest BCUT2D eigenvalue weighted by atomic mass is 9.97. The van der Waals surface area contributed by atoms with Crippen molar-refractivity contribution in [1.29, 1.82) is 0 Å². The van der Waals surface area contributed by atoms with Crippen molar-refractivity contribution in [2.24, 2.45) is 10.9 Å². The third-order valence-corrected chi connectivity index (χ3v) is 4.54. The molecule has 2 rings (SSSR count). The summed E-state index contributed by atoms with van der Waals surface area (Å²) in [5, 5.41) is 10.7. The second-order valence-corrected chi connectivity index (χ2v) is 6.33. The van der Waals surface area contributed by atoms with E-state index in [1.807, 2.05) is 18.7 Å². The largest absolute Gasteiger partial charge is 0.361 e. The number of nitrogens with one attached hydrogen (secondary N) is 2. The van der Waals surface area contributed by atoms with Gasteiger partial charge in [0.05, 0.1) is 12.2 Å². The van der Waals surface area contributed by atoms with Gasteiger partial charge in [-0.25, -0.2) is 4.99 Å². The van der Waals surface area contributed by atoms with E-state index < -0.39 is 0 Å². The number of guanidine groups is 1. The Kier molecular flexibility index (Phi) is 6.63. The quantitative estimate of drug-likeness (QED) is 0.631. The summed E-state index contributed by atoms with van der Waals surface area (Å²) in [6.07, 6.45) is 2.08. The zero-order chi connectivity index (χ0) is 17.5. The molecule has 1 aliphatic heterocycles. The molecule has 1 aliphatic rings. The number of nitrogens with zero attached hydrogens (tertiary/aromatic N) is 3. The Bertz CT molecular complexity index is 554. The smallest absolute Gasteiger partial charge is 0.219 e. The van der Waals surface area contributed by atoms with Gasteiger partial charge in [-0.1, -0.05) is 5.16 Å². The number of likely N-dealkylation sites (tertiary alicyclic amines) is 1. The molecular weight excluding hydrogens is 306 g/mol. The van der Waals surface area contributed by atoms with E-state index in [0.29, 0.717) is 12.5 Å². The van der Waals surface area contributed by atoms with Gasteiger partial charge in [-0.15, -0.1) is 0 Å². The second-order valence-electron chi connectivity index (χ2n) is 6.33. The molecule has 2 heterocycles. The molecule has 134 valence electrons. The molecule has 1 saturated heterocycles. The van der Waals surface area contributed by atoms with Gasteiger partial charge < -0.3 is 20.1 Å². The van der Waals surface area contributed by atoms with E-state index >= 15 is 0 Å². The van der Waals surface area contributed by atoms with Gasteiger partial charge in [0, 0.05) is 38.7 Å². The van der Waals surface area contributed by atoms with E-state index in [1.165, 1.54) is 0 Å². The number of rotatable bonds is 5. The predicted octanol–water partition coefficient (Wildman–Crippen LogP) is 1.61. The van der Waals surface area contributed by atoms with Gasteiger partial charge in [0.1, 0.15) is 5.76 Å². The van der Waals surface area contributed by atoms with Crippen LogP contribution in [0.2, 0.25) is 0 Å². The molecule has 0 spiro atoms. The molecule has 0 unspecified atom stereocenters. The van der Waals surface area contributed by atoms with Gasteiger partial charge in [0.2, 0.25) is 5.91 Å². The van der Waals surface area contributed by atoms with Gasteiger partial charge in [-0.2, -0.15) is 0 Å². The van der Waals surface area contributed by atoms with Crippen LogP contribution in [0.1, 0.15) is 43.7 Å². The molecule has 0 aliphatic carbocycles. The van der Waals surface area contributed by atoms with Gasteiger partial charge in [0.25, 0.3) is 0 Å². The summed E-state index contributed by atoms with van der Waals surface area (Å²) < 4.78 is 5.18. The fourth-order valence-electron chi connectivity index (χ4n) is 2.92. The summed E-state index contributed by atoms with van der Waals surface area (Å²) in [6, 6.07) is 0. The minimum atomic E-state index is 0.177. The van der Waals surface area contributed by atoms with E-state index in [9.17, 15) is 4.79 Å². The van der Waals surface area contributed by atoms with Crippen LogP contribution in [0.5, 0.6) is 0 Å². The van der Waals surface area contributed by atoms with Crippen molar-refractivity contribution in [3.63, 3.8) is 0 Å². The first-order chi connectivity index (χ1) is 11.5. The molecule has 0 bridgehead atoms. The zero-order valence-corrected chi connectivity index (χ0v) is 15.2. The van der Waals surface area contributed by atoms with Crippen LogP contribution in [-0.2, 0) is 11.3 Å². The maximum Gasteiger partial charge on any atom is 0.219 e. The Morgan fingerprint density at radius 2 is 2.04 bits per heavy atom. The van der Waals surface area contributed by atoms with Crippen LogP contribution in [0.25, 0.3) is 0 Å². The molecular formula is C17H29N5O2. The maximum absolute atomic E-state index is 11.4. The first-order valence-electron chi connectivity index (χ1n) is 8.70. The van der Waals surface area contributed by atoms with E-state index in [-0.39, 0.29) is 5.91 Å². The molecule has 7 heteroatoms. The van der Waals surface area contributed by atoms with Crippen molar-refractivity contribution in [2.75, 3.05) is 26.2 Å². The molecule has 1 aromatic heterocycles. The third-order valence-electron chi connectivity index (χ3n) is 4.54. The van der Waals surface area contributed by atoms with E-state index in [2.05, 4.69) is 27.7 Å². The van der Waals surface area contributed by atoms with Crippen LogP contribution in [-0.4, -0.2) is 48.1 Å². The van der Waals surface area contributed by atoms with E-state index in [4.69, 9.17) is 4.52 Å². The van der Waals surface area contributed by atoms with Gasteiger partial charge in [-0.3, -0.25) is 4.79 Å². The molecule has 0 saturated carbocycles. The average Bonchev–Trinajstić information content (AvgIpc) is 2.89. The summed E-state index contributed by atoms with van der Waals surface area (Å²) >= 11 is 0. The monoisotopic (exact) mass is 335 g/mol. The van der Waals surface area contributed by atoms with Gasteiger partial charge in [-0.05, 0) is 39.5 Å². The minimum Gasteiger partial charge on any atom is -0.361 e. The summed E-state index contributed by atoms with van der Waals surface area (Å²) in [7, 11) is 0. The Balaban J connectivity index is 1.85. The highest BCUT2D eigenvalue weighted by atomic mass is 16.5. The molecule has 2 N–H and O–H groups in total. The topological polar surface area (TPSA) is 82.8 Å². The minimum absolute atomic E-state index is 0.177. The number of amides is 1. The number of piperidine rings is 1. The zero-order valence-electron chi connectivity index (χ0n) is 15.2. The summed E-state index contributed by atoms with van der Waals surface area (Å²) in [5.41, 5.74) is 1.94. The maximum atomic E-state index is 11.4. The standard InChI is InChI=1S/C17H29N5O2/c1-5-18-17(20-11-16-12(2)21-24-13(16)3)19-10-15-6-8-22(9-7-15)14(4)23/h15H,5-11H2,1-4H3,(H2,18,19,20). The number of carbonyl (C=O) groups is 1. The highest BCUT2D eigenvalue weighted by molar-refractivity contribution is 5.79. The lowest BCUT2D eigenvalue weighted by molar-refractivity contribution is -0.130. The normalized spacial score (nSPS) is 16.3. The molecule has 1 aromatic rings. The van der Waals surface area contributed by atoms with Crippen LogP contribution in [0.3, 0.4) is 0 Å². The van der Waals surface area contributed by atoms with Gasteiger partial charge >= 0.3 is 0 Å². The van der Waals surface area contributed by atoms with Crippen LogP contribution in [0, 0.1) is 19.8 Å². The lowest BCUT2D eigenvalue weighted by Crippen LogP contribution is -2.43. The van der Waals surface area contributed by atoms with Crippen molar-refractivity contribution < 1.29 is 9.32 Å². The van der Waals surface area contributed by atoms with E-state index in [0.717, 1.165) is 62.0 Å². The first kappa shape index (κ1) is 18.3. The predicted molar refractivity (Wildman–Crippen MR) is 93.8 cm³/mol. The highest BCUT2D eigenvalue weighted by Crippen LogP contribution is 2.16. The molecule has 1 fully saturated rings. The first-order valence-corrected chi connectivity index (χ1v) is 8.70. The number of aromatic nitrogens is 1. The Morgan fingerprint density at radius 3 is 2.58 bits per heavy atom. The molecule has 7 nitrogen and oxygen atoms in total. The number of hydrogen-bond acceptors (Lipinski definition) is 4. The summed E-state index contributed by atoms with van der Waals surface area (Å²) in [6.45, 7) is 11.5. The second kappa shape index (κ2) is 8.70. The van der Waals surface area contributed by atoms with Crippen LogP contribution >= 0.6 is 0 Å². The fraction of sp³-hybridized carbons (Fsp3) is 0.706. The van der Waals surface area contributed by atoms with Crippen molar-refractivity contribution in [3.8, 4) is 0 Å². The Labute approximate surface area is 143 Å². The number of aliphatic imine (C=N–C) groups is 1. The Hall–Kier alpha value is -2.05. The molecule has 0 aromatic carbocycles. The number of aryl methyl sites for hydroxylation is 2. The fourth-order valence-corrected chi connectivity index (χ4v) is 2.92. The van der Waals surface area contributed by atoms with Crippen molar-refractivity contribution in [3.05, 3.63) is 17.0 Å². The van der Waals surface area contributed by atoms with Crippen LogP contribution < -0.4 is 10.6 Å². The SMILES string of the molecule is CCNC(=NCc1c(C)noc1C)NCC1CCN(C(C)=O)CC1. The Morgan fingerprint density at radius 1 is 1.33 bits per heavy atom. The molecule has 24 heavy (non-hydrogen) atoms. The van der Waals surface area contributed by atoms with Crippen molar-refractivity contribution >= 4 is 11.9 Å². The van der Waals surface area contributed by atoms with Crippen LogP contribution in [0.15, 0.2) is 9.52 Å². The summed E-state index contributed by atoms with van der Waals surface area (Å²) in [5.74, 6) is 2.38. The number of carbonyl (C=O) groups excluding carboxylic acids is 1. The highest BCUT2D eigenvalue weighted by Gasteiger charge is 2.20. The average molecular weight is 335 g/mol. The number of hydrogen-bond donors (Lipinski definition) is 2. The third kappa shape index (κ3) is 4.97. The van der Waals surface area contributed by atoms with E-state index in [1.54, 1.807) is 6.92 Å². The molecule has 0 radical (unpaired) electrons. The van der Waals surface area contributed by atoms with Crippen molar-refractivity contribution in [2.45, 2.75) is 47.1 Å². The van der Waals surface area contributed by atoms with Crippen LogP contribution in [0.4, 0.5) is 0 Å².